The molecule has 0 saturated carbocycles. The molecule has 1 saturated heterocycles. The summed E-state index contributed by atoms with van der Waals surface area (Å²) in [6.07, 6.45) is -4.58. The lowest BCUT2D eigenvalue weighted by Crippen LogP contribution is -2.43. The Labute approximate surface area is 140 Å². The van der Waals surface area contributed by atoms with Crippen LogP contribution in [0.1, 0.15) is 5.56 Å². The summed E-state index contributed by atoms with van der Waals surface area (Å²) in [6.45, 7) is 1.95. The quantitative estimate of drug-likeness (QED) is 0.859. The van der Waals surface area contributed by atoms with E-state index in [1.807, 2.05) is 30.9 Å². The van der Waals surface area contributed by atoms with Crippen LogP contribution in [0.3, 0.4) is 0 Å². The highest BCUT2D eigenvalue weighted by atomic mass is 32.2. The molecule has 2 atom stereocenters. The fraction of sp³-hybridized carbons (Fsp3) is 0.600. The smallest absolute Gasteiger partial charge is 0.309 e. The van der Waals surface area contributed by atoms with E-state index in [0.717, 1.165) is 18.7 Å². The number of hydrogen-bond acceptors (Lipinski definition) is 4. The van der Waals surface area contributed by atoms with Crippen LogP contribution >= 0.6 is 0 Å². The van der Waals surface area contributed by atoms with Crippen molar-refractivity contribution >= 4 is 10.0 Å². The van der Waals surface area contributed by atoms with Crippen LogP contribution < -0.4 is 4.72 Å². The van der Waals surface area contributed by atoms with Gasteiger partial charge in [-0.25, -0.2) is 13.1 Å². The fourth-order valence-corrected chi connectivity index (χ4v) is 4.32. The third kappa shape index (κ3) is 4.69. The van der Waals surface area contributed by atoms with E-state index in [4.69, 9.17) is 0 Å². The molecule has 1 aromatic carbocycles. The normalized spacial score (nSPS) is 23.1. The van der Waals surface area contributed by atoms with Gasteiger partial charge in [0, 0.05) is 31.6 Å². The zero-order chi connectivity index (χ0) is 18.1. The van der Waals surface area contributed by atoms with Crippen LogP contribution in [0.4, 0.5) is 13.2 Å². The van der Waals surface area contributed by atoms with E-state index in [9.17, 15) is 21.6 Å². The second kappa shape index (κ2) is 6.99. The average molecular weight is 365 g/mol. The van der Waals surface area contributed by atoms with Gasteiger partial charge in [0.05, 0.1) is 10.5 Å². The number of rotatable bonds is 5. The molecule has 0 amide bonds. The SMILES string of the molecule is CN(C)C[C@@H]1CN(C)C[C@H]1NS(=O)(=O)c1cccc(C(F)(F)F)c1. The van der Waals surface area contributed by atoms with Gasteiger partial charge in [0.2, 0.25) is 10.0 Å². The molecule has 0 bridgehead atoms. The van der Waals surface area contributed by atoms with Gasteiger partial charge < -0.3 is 9.80 Å². The van der Waals surface area contributed by atoms with Gasteiger partial charge in [-0.1, -0.05) is 6.07 Å². The van der Waals surface area contributed by atoms with Crippen LogP contribution in [0.5, 0.6) is 0 Å². The zero-order valence-corrected chi connectivity index (χ0v) is 14.7. The molecule has 0 aromatic heterocycles. The summed E-state index contributed by atoms with van der Waals surface area (Å²) in [7, 11) is 1.68. The molecular formula is C15H22F3N3O2S. The number of nitrogens with zero attached hydrogens (tertiary/aromatic N) is 2. The lowest BCUT2D eigenvalue weighted by atomic mass is 10.0. The first kappa shape index (κ1) is 19.2. The summed E-state index contributed by atoms with van der Waals surface area (Å²) >= 11 is 0. The molecule has 1 aromatic rings. The van der Waals surface area contributed by atoms with Crippen LogP contribution in [0, 0.1) is 5.92 Å². The molecule has 2 rings (SSSR count). The summed E-state index contributed by atoms with van der Waals surface area (Å²) in [4.78, 5) is 3.61. The summed E-state index contributed by atoms with van der Waals surface area (Å²) < 4.78 is 65.9. The van der Waals surface area contributed by atoms with Crippen molar-refractivity contribution in [3.8, 4) is 0 Å². The van der Waals surface area contributed by atoms with Gasteiger partial charge in [0.15, 0.2) is 0 Å². The van der Waals surface area contributed by atoms with Crippen LogP contribution in [-0.4, -0.2) is 65.0 Å². The maximum Gasteiger partial charge on any atom is 0.416 e. The number of sulfonamides is 1. The predicted octanol–water partition coefficient (Wildman–Crippen LogP) is 1.48. The minimum Gasteiger partial charge on any atom is -0.309 e. The van der Waals surface area contributed by atoms with Crippen molar-refractivity contribution in [3.63, 3.8) is 0 Å². The molecule has 0 aliphatic carbocycles. The Morgan fingerprint density at radius 3 is 2.54 bits per heavy atom. The van der Waals surface area contributed by atoms with E-state index >= 15 is 0 Å². The van der Waals surface area contributed by atoms with E-state index in [0.29, 0.717) is 19.2 Å². The Bertz CT molecular complexity index is 677. The van der Waals surface area contributed by atoms with Crippen LogP contribution in [0.15, 0.2) is 29.2 Å². The Balaban J connectivity index is 2.22. The van der Waals surface area contributed by atoms with Crippen LogP contribution in [-0.2, 0) is 16.2 Å². The average Bonchev–Trinajstić information content (AvgIpc) is 2.76. The van der Waals surface area contributed by atoms with E-state index < -0.39 is 21.8 Å². The summed E-state index contributed by atoms with van der Waals surface area (Å²) in [6, 6.07) is 3.48. The van der Waals surface area contributed by atoms with E-state index in [2.05, 4.69) is 4.72 Å². The third-order valence-corrected chi connectivity index (χ3v) is 5.49. The molecule has 5 nitrogen and oxygen atoms in total. The maximum absolute atomic E-state index is 12.8. The number of likely N-dealkylation sites (tertiary alicyclic amines) is 1. The highest BCUT2D eigenvalue weighted by molar-refractivity contribution is 7.89. The molecule has 0 spiro atoms. The third-order valence-electron chi connectivity index (χ3n) is 4.00. The van der Waals surface area contributed by atoms with Gasteiger partial charge >= 0.3 is 6.18 Å². The van der Waals surface area contributed by atoms with Gasteiger partial charge in [0.25, 0.3) is 0 Å². The first-order valence-corrected chi connectivity index (χ1v) is 9.00. The minimum absolute atomic E-state index is 0.0746. The van der Waals surface area contributed by atoms with Gasteiger partial charge in [-0.2, -0.15) is 13.2 Å². The van der Waals surface area contributed by atoms with Crippen molar-refractivity contribution in [1.82, 2.24) is 14.5 Å². The second-order valence-corrected chi connectivity index (χ2v) is 8.21. The first-order valence-electron chi connectivity index (χ1n) is 7.52. The topological polar surface area (TPSA) is 52.6 Å². The largest absolute Gasteiger partial charge is 0.416 e. The molecule has 1 N–H and O–H groups in total. The van der Waals surface area contributed by atoms with Crippen LogP contribution in [0.2, 0.25) is 0 Å². The highest BCUT2D eigenvalue weighted by Crippen LogP contribution is 2.30. The summed E-state index contributed by atoms with van der Waals surface area (Å²) in [5.41, 5.74) is -0.973. The fourth-order valence-electron chi connectivity index (χ4n) is 2.98. The molecular weight excluding hydrogens is 343 g/mol. The maximum atomic E-state index is 12.8. The van der Waals surface area contributed by atoms with Crippen molar-refractivity contribution in [3.05, 3.63) is 29.8 Å². The monoisotopic (exact) mass is 365 g/mol. The van der Waals surface area contributed by atoms with E-state index in [1.54, 1.807) is 0 Å². The number of likely N-dealkylation sites (N-methyl/N-ethyl adjacent to an activating group) is 1. The van der Waals surface area contributed by atoms with Gasteiger partial charge in [-0.15, -0.1) is 0 Å². The molecule has 9 heteroatoms. The lowest BCUT2D eigenvalue weighted by molar-refractivity contribution is -0.137. The van der Waals surface area contributed by atoms with Crippen molar-refractivity contribution in [2.45, 2.75) is 17.1 Å². The van der Waals surface area contributed by atoms with Crippen molar-refractivity contribution in [1.29, 1.82) is 0 Å². The second-order valence-electron chi connectivity index (χ2n) is 6.50. The molecule has 0 radical (unpaired) electrons. The molecule has 1 aliphatic heterocycles. The number of hydrogen-bond donors (Lipinski definition) is 1. The molecule has 0 unspecified atom stereocenters. The number of nitrogens with one attached hydrogen (secondary N) is 1. The Kier molecular flexibility index (Phi) is 5.58. The lowest BCUT2D eigenvalue weighted by Gasteiger charge is -2.23. The zero-order valence-electron chi connectivity index (χ0n) is 13.8. The van der Waals surface area contributed by atoms with E-state index in [-0.39, 0.29) is 16.9 Å². The molecule has 136 valence electrons. The predicted molar refractivity (Wildman–Crippen MR) is 85.1 cm³/mol. The Hall–Kier alpha value is -1.16. The minimum atomic E-state index is -4.58. The number of alkyl halides is 3. The highest BCUT2D eigenvalue weighted by Gasteiger charge is 2.36. The summed E-state index contributed by atoms with van der Waals surface area (Å²) in [5, 5.41) is 0. The Morgan fingerprint density at radius 2 is 1.96 bits per heavy atom. The Morgan fingerprint density at radius 1 is 1.29 bits per heavy atom. The first-order chi connectivity index (χ1) is 11.0. The standard InChI is InChI=1S/C15H22F3N3O2S/c1-20(2)8-11-9-21(3)10-14(11)19-24(22,23)13-6-4-5-12(7-13)15(16,17)18/h4-7,11,14,19H,8-10H2,1-3H3/t11-,14-/m1/s1. The molecule has 24 heavy (non-hydrogen) atoms. The van der Waals surface area contributed by atoms with Crippen molar-refractivity contribution in [2.24, 2.45) is 5.92 Å². The summed E-state index contributed by atoms with van der Waals surface area (Å²) in [5.74, 6) is 0.0746. The molecule has 1 fully saturated rings. The van der Waals surface area contributed by atoms with Crippen molar-refractivity contribution in [2.75, 3.05) is 40.8 Å². The number of benzene rings is 1. The van der Waals surface area contributed by atoms with Gasteiger partial charge in [0.1, 0.15) is 0 Å². The van der Waals surface area contributed by atoms with Gasteiger partial charge in [-0.3, -0.25) is 0 Å². The van der Waals surface area contributed by atoms with Crippen LogP contribution in [0.25, 0.3) is 0 Å². The van der Waals surface area contributed by atoms with Gasteiger partial charge in [-0.05, 0) is 39.3 Å². The number of halogens is 3. The van der Waals surface area contributed by atoms with E-state index in [1.165, 1.54) is 6.07 Å². The molecule has 1 aliphatic rings. The van der Waals surface area contributed by atoms with Crippen molar-refractivity contribution < 1.29 is 21.6 Å². The molecule has 1 heterocycles.